The van der Waals surface area contributed by atoms with Crippen molar-refractivity contribution < 1.29 is 0 Å². The fraction of sp³-hybridized carbons (Fsp3) is 0.346. The van der Waals surface area contributed by atoms with E-state index in [9.17, 15) is 5.26 Å². The van der Waals surface area contributed by atoms with Gasteiger partial charge < -0.3 is 0 Å². The Labute approximate surface area is 172 Å². The number of nitriles is 1. The molecule has 1 nitrogen and oxygen atoms in total. The van der Waals surface area contributed by atoms with Crippen LogP contribution in [0, 0.1) is 23.2 Å². The van der Waals surface area contributed by atoms with Crippen LogP contribution in [0.1, 0.15) is 52.7 Å². The molecule has 144 valence electrons. The second-order valence-corrected chi connectivity index (χ2v) is 14.1. The van der Waals surface area contributed by atoms with Crippen molar-refractivity contribution in [3.63, 3.8) is 0 Å². The molecule has 0 heterocycles. The van der Waals surface area contributed by atoms with Gasteiger partial charge in [-0.25, -0.2) is 0 Å². The highest BCUT2D eigenvalue weighted by Crippen LogP contribution is 2.48. The molecule has 0 fully saturated rings. The molecule has 0 amide bonds. The molecule has 0 radical (unpaired) electrons. The van der Waals surface area contributed by atoms with Crippen LogP contribution in [-0.4, -0.2) is 8.07 Å². The molecule has 0 aliphatic carbocycles. The predicted octanol–water partition coefficient (Wildman–Crippen LogP) is 7.23. The Balaban J connectivity index is 2.88. The smallest absolute Gasteiger partial charge is 0.107 e. The highest BCUT2D eigenvalue weighted by atomic mass is 28.3. The molecule has 0 aliphatic heterocycles. The highest BCUT2D eigenvalue weighted by Gasteiger charge is 2.47. The lowest BCUT2D eigenvalue weighted by Gasteiger charge is -2.43. The molecule has 0 saturated carbocycles. The van der Waals surface area contributed by atoms with Crippen molar-refractivity contribution in [1.82, 2.24) is 0 Å². The van der Waals surface area contributed by atoms with E-state index in [0.29, 0.717) is 16.6 Å². The van der Waals surface area contributed by atoms with E-state index < -0.39 is 8.07 Å². The van der Waals surface area contributed by atoms with Crippen LogP contribution in [0.5, 0.6) is 0 Å². The second-order valence-electron chi connectivity index (χ2n) is 8.24. The second kappa shape index (κ2) is 9.58. The molecule has 2 rings (SSSR count). The van der Waals surface area contributed by atoms with Gasteiger partial charge in [-0.1, -0.05) is 102 Å². The predicted molar refractivity (Wildman–Crippen MR) is 123 cm³/mol. The fourth-order valence-corrected chi connectivity index (χ4v) is 11.4. The number of benzene rings is 2. The summed E-state index contributed by atoms with van der Waals surface area (Å²) in [6.45, 7) is 13.9. The van der Waals surface area contributed by atoms with E-state index in [1.54, 1.807) is 0 Å². The zero-order chi connectivity index (χ0) is 20.7. The van der Waals surface area contributed by atoms with Crippen LogP contribution in [0.25, 0.3) is 5.57 Å². The van der Waals surface area contributed by atoms with Crippen LogP contribution >= 0.6 is 0 Å². The van der Waals surface area contributed by atoms with Crippen LogP contribution in [0.4, 0.5) is 0 Å². The summed E-state index contributed by atoms with van der Waals surface area (Å²) >= 11 is 0. The first-order valence-corrected chi connectivity index (χ1v) is 12.4. The van der Waals surface area contributed by atoms with Crippen molar-refractivity contribution in [2.24, 2.45) is 0 Å². The van der Waals surface area contributed by atoms with Crippen molar-refractivity contribution in [2.75, 3.05) is 0 Å². The van der Waals surface area contributed by atoms with E-state index in [-0.39, 0.29) is 0 Å². The Morgan fingerprint density at radius 3 is 1.64 bits per heavy atom. The fourth-order valence-electron chi connectivity index (χ4n) is 4.78. The van der Waals surface area contributed by atoms with Gasteiger partial charge in [0, 0.05) is 10.8 Å². The first-order chi connectivity index (χ1) is 13.4. The lowest BCUT2D eigenvalue weighted by Crippen LogP contribution is -2.47. The Bertz CT molecular complexity index is 882. The molecule has 0 bridgehead atoms. The average Bonchev–Trinajstić information content (AvgIpc) is 2.67. The molecule has 0 unspecified atom stereocenters. The Kier molecular flexibility index (Phi) is 7.44. The molecular weight excluding hydrogens is 354 g/mol. The van der Waals surface area contributed by atoms with Gasteiger partial charge in [-0.3, -0.25) is 0 Å². The SMILES string of the molecule is CC(C)[Si](/C(C#Cc1ccccc1)=C(/C#N)c1ccccc1)(C(C)C)C(C)C. The van der Waals surface area contributed by atoms with Crippen LogP contribution in [0.2, 0.25) is 16.6 Å². The summed E-state index contributed by atoms with van der Waals surface area (Å²) in [7, 11) is -2.09. The molecule has 2 aromatic rings. The molecule has 0 aliphatic rings. The third-order valence-electron chi connectivity index (χ3n) is 5.83. The first kappa shape index (κ1) is 21.7. The zero-order valence-corrected chi connectivity index (χ0v) is 19.0. The molecule has 2 aromatic carbocycles. The van der Waals surface area contributed by atoms with E-state index in [1.807, 2.05) is 60.7 Å². The van der Waals surface area contributed by atoms with Gasteiger partial charge in [0.05, 0.1) is 5.57 Å². The van der Waals surface area contributed by atoms with Gasteiger partial charge in [0.25, 0.3) is 0 Å². The van der Waals surface area contributed by atoms with Gasteiger partial charge in [-0.05, 0) is 34.3 Å². The average molecular weight is 386 g/mol. The van der Waals surface area contributed by atoms with Gasteiger partial charge in [-0.2, -0.15) is 5.26 Å². The van der Waals surface area contributed by atoms with E-state index in [0.717, 1.165) is 21.9 Å². The van der Waals surface area contributed by atoms with Crippen LogP contribution in [0.15, 0.2) is 65.9 Å². The minimum atomic E-state index is -2.09. The molecule has 2 heteroatoms. The summed E-state index contributed by atoms with van der Waals surface area (Å²) in [6, 6.07) is 22.7. The summed E-state index contributed by atoms with van der Waals surface area (Å²) in [6.07, 6.45) is 0. The van der Waals surface area contributed by atoms with Crippen LogP contribution < -0.4 is 0 Å². The third kappa shape index (κ3) is 4.29. The van der Waals surface area contributed by atoms with Gasteiger partial charge in [0.15, 0.2) is 0 Å². The van der Waals surface area contributed by atoms with Crippen molar-refractivity contribution in [3.05, 3.63) is 77.0 Å². The summed E-state index contributed by atoms with van der Waals surface area (Å²) in [5.41, 5.74) is 4.18. The quantitative estimate of drug-likeness (QED) is 0.302. The Hall–Kier alpha value is -2.55. The topological polar surface area (TPSA) is 23.8 Å². The maximum atomic E-state index is 10.2. The van der Waals surface area contributed by atoms with Crippen LogP contribution in [0.3, 0.4) is 0 Å². The van der Waals surface area contributed by atoms with E-state index >= 15 is 0 Å². The van der Waals surface area contributed by atoms with Gasteiger partial charge in [-0.15, -0.1) is 0 Å². The number of hydrogen-bond acceptors (Lipinski definition) is 1. The van der Waals surface area contributed by atoms with E-state index in [4.69, 9.17) is 0 Å². The normalized spacial score (nSPS) is 12.4. The van der Waals surface area contributed by atoms with Gasteiger partial charge in [0.1, 0.15) is 14.1 Å². The molecule has 0 saturated heterocycles. The van der Waals surface area contributed by atoms with E-state index in [2.05, 4.69) is 59.5 Å². The highest BCUT2D eigenvalue weighted by molar-refractivity contribution is 6.91. The first-order valence-electron chi connectivity index (χ1n) is 10.1. The summed E-state index contributed by atoms with van der Waals surface area (Å²) in [5.74, 6) is 6.91. The third-order valence-corrected chi connectivity index (χ3v) is 12.8. The van der Waals surface area contributed by atoms with E-state index in [1.165, 1.54) is 0 Å². The van der Waals surface area contributed by atoms with Crippen molar-refractivity contribution >= 4 is 13.6 Å². The monoisotopic (exact) mass is 385 g/mol. The molecule has 28 heavy (non-hydrogen) atoms. The van der Waals surface area contributed by atoms with Gasteiger partial charge >= 0.3 is 0 Å². The molecule has 0 spiro atoms. The summed E-state index contributed by atoms with van der Waals surface area (Å²) < 4.78 is 0. The molecule has 0 atom stereocenters. The number of nitrogens with zero attached hydrogens (tertiary/aromatic N) is 1. The van der Waals surface area contributed by atoms with Crippen LogP contribution in [-0.2, 0) is 0 Å². The lowest BCUT2D eigenvalue weighted by molar-refractivity contribution is 0.829. The maximum Gasteiger partial charge on any atom is 0.107 e. The van der Waals surface area contributed by atoms with Crippen molar-refractivity contribution in [3.8, 4) is 17.9 Å². The largest absolute Gasteiger partial charge is 0.192 e. The zero-order valence-electron chi connectivity index (χ0n) is 18.0. The lowest BCUT2D eigenvalue weighted by atomic mass is 10.1. The van der Waals surface area contributed by atoms with Gasteiger partial charge in [0.2, 0.25) is 0 Å². The maximum absolute atomic E-state index is 10.2. The number of allylic oxidation sites excluding steroid dienone is 2. The Morgan fingerprint density at radius 2 is 1.21 bits per heavy atom. The summed E-state index contributed by atoms with van der Waals surface area (Å²) in [5, 5.41) is 11.3. The molecule has 0 N–H and O–H groups in total. The molecule has 0 aromatic heterocycles. The Morgan fingerprint density at radius 1 is 0.750 bits per heavy atom. The number of hydrogen-bond donors (Lipinski definition) is 0. The van der Waals surface area contributed by atoms with Crippen molar-refractivity contribution in [2.45, 2.75) is 58.2 Å². The minimum absolute atomic E-state index is 0.486. The number of rotatable bonds is 5. The minimum Gasteiger partial charge on any atom is -0.192 e. The molecular formula is C26H31NSi. The summed E-state index contributed by atoms with van der Waals surface area (Å²) in [4.78, 5) is 0. The standard InChI is InChI=1S/C26H31NSi/c1-20(2)28(21(3)4,22(5)6)26(18-17-23-13-9-7-10-14-23)25(19-27)24-15-11-8-12-16-24/h7-16,20-22H,1-6H3/b26-25-. The van der Waals surface area contributed by atoms with Crippen molar-refractivity contribution in [1.29, 1.82) is 5.26 Å².